The lowest BCUT2D eigenvalue weighted by molar-refractivity contribution is 0.0470. The highest BCUT2D eigenvalue weighted by Gasteiger charge is 2.18. The van der Waals surface area contributed by atoms with Gasteiger partial charge in [0.1, 0.15) is 13.2 Å². The van der Waals surface area contributed by atoms with Crippen LogP contribution in [0.1, 0.15) is 37.4 Å². The second-order valence-electron chi connectivity index (χ2n) is 11.5. The molecule has 0 spiro atoms. The summed E-state index contributed by atoms with van der Waals surface area (Å²) in [5.41, 5.74) is 3.92. The van der Waals surface area contributed by atoms with Crippen LogP contribution in [0.2, 0.25) is 0 Å². The van der Waals surface area contributed by atoms with Crippen LogP contribution in [-0.4, -0.2) is 72.8 Å². The lowest BCUT2D eigenvalue weighted by Crippen LogP contribution is -2.34. The zero-order valence-electron chi connectivity index (χ0n) is 29.0. The van der Waals surface area contributed by atoms with Crippen LogP contribution in [0.25, 0.3) is 0 Å². The van der Waals surface area contributed by atoms with Crippen molar-refractivity contribution >= 4 is 47.8 Å². The van der Waals surface area contributed by atoms with Gasteiger partial charge in [-0.25, -0.2) is 29.2 Å². The van der Waals surface area contributed by atoms with Crippen LogP contribution in [0.15, 0.2) is 150 Å². The number of rotatable bonds is 14. The predicted octanol–water partition coefficient (Wildman–Crippen LogP) is 7.45. The van der Waals surface area contributed by atoms with Gasteiger partial charge >= 0.3 is 24.0 Å². The minimum absolute atomic E-state index is 0.0130. The van der Waals surface area contributed by atoms with Crippen molar-refractivity contribution in [2.24, 2.45) is 10.2 Å². The fraction of sp³-hybridized carbons (Fsp3) is 0.122. The zero-order chi connectivity index (χ0) is 37.3. The number of nitrogens with zero attached hydrogens (tertiary/aromatic N) is 4. The molecule has 2 N–H and O–H groups in total. The lowest BCUT2D eigenvalue weighted by atomic mass is 10.2. The fourth-order valence-corrected chi connectivity index (χ4v) is 4.79. The van der Waals surface area contributed by atoms with Gasteiger partial charge in [0, 0.05) is 11.4 Å². The van der Waals surface area contributed by atoms with E-state index in [9.17, 15) is 19.2 Å². The van der Waals surface area contributed by atoms with Crippen molar-refractivity contribution in [1.29, 1.82) is 0 Å². The summed E-state index contributed by atoms with van der Waals surface area (Å²) in [6.45, 7) is 1.57. The molecule has 12 heteroatoms. The molecule has 53 heavy (non-hydrogen) atoms. The van der Waals surface area contributed by atoms with Gasteiger partial charge in [0.2, 0.25) is 0 Å². The van der Waals surface area contributed by atoms with Crippen molar-refractivity contribution in [2.45, 2.75) is 6.92 Å². The maximum atomic E-state index is 13.4. The number of aryl methyl sites for hydroxylation is 1. The van der Waals surface area contributed by atoms with Crippen LogP contribution in [0, 0.1) is 6.92 Å². The topological polar surface area (TPSA) is 142 Å². The molecule has 0 unspecified atom stereocenters. The van der Waals surface area contributed by atoms with Crippen molar-refractivity contribution in [3.05, 3.63) is 167 Å². The van der Waals surface area contributed by atoms with E-state index in [0.717, 1.165) is 11.1 Å². The molecular formula is C41H38N6O6. The van der Waals surface area contributed by atoms with E-state index < -0.39 is 24.0 Å². The van der Waals surface area contributed by atoms with Gasteiger partial charge in [-0.1, -0.05) is 97.1 Å². The minimum Gasteiger partial charge on any atom is -0.460 e. The first-order valence-electron chi connectivity index (χ1n) is 16.8. The van der Waals surface area contributed by atoms with Gasteiger partial charge in [-0.05, 0) is 66.1 Å². The van der Waals surface area contributed by atoms with Crippen LogP contribution < -0.4 is 10.6 Å². The van der Waals surface area contributed by atoms with Crippen LogP contribution in [0.4, 0.5) is 21.0 Å². The third-order valence-corrected chi connectivity index (χ3v) is 7.57. The average Bonchev–Trinajstić information content (AvgIpc) is 3.19. The van der Waals surface area contributed by atoms with Gasteiger partial charge in [-0.2, -0.15) is 10.2 Å². The molecule has 0 aliphatic carbocycles. The number of hydrazone groups is 2. The number of carbonyl (C=O) groups excluding carboxylic acids is 4. The smallest absolute Gasteiger partial charge is 0.342 e. The molecule has 5 rings (SSSR count). The summed E-state index contributed by atoms with van der Waals surface area (Å²) in [4.78, 5) is 51.8. The molecule has 5 aromatic carbocycles. The number of hydrogen-bond acceptors (Lipinski definition) is 8. The van der Waals surface area contributed by atoms with Crippen molar-refractivity contribution in [3.63, 3.8) is 0 Å². The number of hydrogen-bond donors (Lipinski definition) is 2. The molecule has 0 aliphatic heterocycles. The minimum atomic E-state index is -0.560. The molecule has 0 saturated carbocycles. The van der Waals surface area contributed by atoms with Crippen molar-refractivity contribution in [3.8, 4) is 0 Å². The molecule has 0 heterocycles. The number of anilines is 2. The highest BCUT2D eigenvalue weighted by molar-refractivity contribution is 5.94. The van der Waals surface area contributed by atoms with E-state index in [4.69, 9.17) is 9.47 Å². The largest absolute Gasteiger partial charge is 0.460 e. The first-order chi connectivity index (χ1) is 25.9. The quantitative estimate of drug-likeness (QED) is 0.0697. The molecule has 0 atom stereocenters. The number of ether oxygens (including phenoxy) is 2. The van der Waals surface area contributed by atoms with E-state index in [2.05, 4.69) is 20.8 Å². The Morgan fingerprint density at radius 3 is 1.42 bits per heavy atom. The van der Waals surface area contributed by atoms with Gasteiger partial charge in [-0.15, -0.1) is 0 Å². The van der Waals surface area contributed by atoms with Crippen LogP contribution in [0.5, 0.6) is 0 Å². The standard InChI is InChI=1S/C41H38N6O6/c1-31-28-36(44-40(50)46(42-29-32-14-6-2-7-15-32)24-26-52-38(48)34-18-10-4-11-19-34)22-23-37(31)45-41(51)47(43-30-33-16-8-3-9-17-33)25-27-53-39(49)35-20-12-5-13-21-35/h2-23,28-30H,24-27H2,1H3,(H,44,50)(H,45,51)/b42-29+,43-30+. The van der Waals surface area contributed by atoms with Gasteiger partial charge < -0.3 is 20.1 Å². The Hall–Kier alpha value is -7.08. The van der Waals surface area contributed by atoms with E-state index in [0.29, 0.717) is 28.1 Å². The van der Waals surface area contributed by atoms with E-state index in [-0.39, 0.29) is 26.3 Å². The number of amides is 4. The molecular weight excluding hydrogens is 672 g/mol. The molecule has 268 valence electrons. The number of urea groups is 2. The first kappa shape index (κ1) is 37.2. The Balaban J connectivity index is 1.23. The third-order valence-electron chi connectivity index (χ3n) is 7.57. The van der Waals surface area contributed by atoms with Crippen molar-refractivity contribution in [2.75, 3.05) is 36.9 Å². The normalized spacial score (nSPS) is 10.8. The summed E-state index contributed by atoms with van der Waals surface area (Å²) >= 11 is 0. The van der Waals surface area contributed by atoms with E-state index in [1.165, 1.54) is 16.2 Å². The SMILES string of the molecule is Cc1cc(NC(=O)N(CCOC(=O)c2ccccc2)/N=C/c2ccccc2)ccc1NC(=O)N(CCOC(=O)c1ccccc1)/N=C/c1ccccc1. The maximum Gasteiger partial charge on any atom is 0.342 e. The Morgan fingerprint density at radius 1 is 0.566 bits per heavy atom. The Labute approximate surface area is 307 Å². The van der Waals surface area contributed by atoms with Gasteiger partial charge in [0.25, 0.3) is 0 Å². The number of benzene rings is 5. The van der Waals surface area contributed by atoms with E-state index in [1.54, 1.807) is 92.0 Å². The van der Waals surface area contributed by atoms with Crippen LogP contribution in [0.3, 0.4) is 0 Å². The van der Waals surface area contributed by atoms with Crippen LogP contribution in [-0.2, 0) is 9.47 Å². The Kier molecular flexibility index (Phi) is 13.6. The zero-order valence-corrected chi connectivity index (χ0v) is 29.0. The lowest BCUT2D eigenvalue weighted by Gasteiger charge is -2.20. The molecule has 4 amide bonds. The van der Waals surface area contributed by atoms with Crippen LogP contribution >= 0.6 is 0 Å². The fourth-order valence-electron chi connectivity index (χ4n) is 4.79. The van der Waals surface area contributed by atoms with E-state index in [1.807, 2.05) is 60.7 Å². The van der Waals surface area contributed by atoms with Gasteiger partial charge in [-0.3, -0.25) is 0 Å². The number of carbonyl (C=O) groups is 4. The molecule has 0 radical (unpaired) electrons. The molecule has 5 aromatic rings. The molecule has 0 aliphatic rings. The summed E-state index contributed by atoms with van der Waals surface area (Å²) in [5, 5.41) is 16.7. The van der Waals surface area contributed by atoms with E-state index >= 15 is 0 Å². The summed E-state index contributed by atoms with van der Waals surface area (Å²) in [6.07, 6.45) is 3.08. The molecule has 12 nitrogen and oxygen atoms in total. The molecule has 0 fully saturated rings. The second kappa shape index (κ2) is 19.3. The first-order valence-corrected chi connectivity index (χ1v) is 16.8. The summed E-state index contributed by atoms with van der Waals surface area (Å²) < 4.78 is 10.8. The van der Waals surface area contributed by atoms with Gasteiger partial charge in [0.05, 0.1) is 36.6 Å². The summed E-state index contributed by atoms with van der Waals surface area (Å²) in [7, 11) is 0. The summed E-state index contributed by atoms with van der Waals surface area (Å²) in [5.74, 6) is -1.02. The van der Waals surface area contributed by atoms with Gasteiger partial charge in [0.15, 0.2) is 0 Å². The van der Waals surface area contributed by atoms with Crippen molar-refractivity contribution in [1.82, 2.24) is 10.0 Å². The Bertz CT molecular complexity index is 2030. The molecule has 0 bridgehead atoms. The van der Waals surface area contributed by atoms with Crippen molar-refractivity contribution < 1.29 is 28.7 Å². The number of nitrogens with one attached hydrogen (secondary N) is 2. The predicted molar refractivity (Wildman–Crippen MR) is 204 cm³/mol. The maximum absolute atomic E-state index is 13.4. The monoisotopic (exact) mass is 710 g/mol. The average molecular weight is 711 g/mol. The number of esters is 2. The Morgan fingerprint density at radius 2 is 0.981 bits per heavy atom. The highest BCUT2D eigenvalue weighted by Crippen LogP contribution is 2.21. The second-order valence-corrected chi connectivity index (χ2v) is 11.5. The third kappa shape index (κ3) is 11.7. The molecule has 0 aromatic heterocycles. The summed E-state index contributed by atoms with van der Waals surface area (Å²) in [6, 6.07) is 39.5. The highest BCUT2D eigenvalue weighted by atomic mass is 16.5. The molecule has 0 saturated heterocycles.